The Kier molecular flexibility index (Phi) is 3.92. The third-order valence-corrected chi connectivity index (χ3v) is 4.50. The van der Waals surface area contributed by atoms with Crippen molar-refractivity contribution >= 4 is 6.08 Å². The van der Waals surface area contributed by atoms with Gasteiger partial charge in [-0.2, -0.15) is 0 Å². The molecule has 1 saturated heterocycles. The molecule has 2 aromatic rings. The monoisotopic (exact) mass is 354 g/mol. The summed E-state index contributed by atoms with van der Waals surface area (Å²) < 4.78 is 33.1. The van der Waals surface area contributed by atoms with Gasteiger partial charge in [0, 0.05) is 0 Å². The minimum Gasteiger partial charge on any atom is -0.454 e. The van der Waals surface area contributed by atoms with Crippen LogP contribution in [0.3, 0.4) is 0 Å². The fourth-order valence-corrected chi connectivity index (χ4v) is 3.10. The quantitative estimate of drug-likeness (QED) is 0.742. The van der Waals surface area contributed by atoms with E-state index in [1.807, 2.05) is 48.6 Å². The van der Waals surface area contributed by atoms with Gasteiger partial charge in [0.25, 0.3) is 0 Å². The largest absolute Gasteiger partial charge is 0.454 e. The van der Waals surface area contributed by atoms with Crippen LogP contribution in [0.4, 0.5) is 0 Å². The second-order valence-electron chi connectivity index (χ2n) is 6.25. The lowest BCUT2D eigenvalue weighted by molar-refractivity contribution is 0.0510. The number of hydrogen-bond acceptors (Lipinski definition) is 6. The second-order valence-corrected chi connectivity index (χ2v) is 6.25. The zero-order valence-corrected chi connectivity index (χ0v) is 14.1. The smallest absolute Gasteiger partial charge is 0.231 e. The Bertz CT molecular complexity index is 842. The van der Waals surface area contributed by atoms with Crippen molar-refractivity contribution in [2.75, 3.05) is 26.8 Å². The van der Waals surface area contributed by atoms with Crippen molar-refractivity contribution in [2.24, 2.45) is 0 Å². The lowest BCUT2D eigenvalue weighted by Crippen LogP contribution is -2.11. The van der Waals surface area contributed by atoms with Crippen LogP contribution in [0.5, 0.6) is 23.0 Å². The number of ether oxygens (including phenoxy) is 6. The van der Waals surface area contributed by atoms with Crippen LogP contribution in [0.25, 0.3) is 6.08 Å². The first-order chi connectivity index (χ1) is 12.9. The van der Waals surface area contributed by atoms with Crippen LogP contribution in [0.1, 0.15) is 17.2 Å². The van der Waals surface area contributed by atoms with E-state index in [9.17, 15) is 0 Å². The molecule has 0 radical (unpaired) electrons. The van der Waals surface area contributed by atoms with Crippen molar-refractivity contribution in [2.45, 2.75) is 12.2 Å². The first kappa shape index (κ1) is 15.5. The van der Waals surface area contributed by atoms with Gasteiger partial charge in [-0.25, -0.2) is 0 Å². The topological polar surface area (TPSA) is 58.7 Å². The summed E-state index contributed by atoms with van der Waals surface area (Å²) >= 11 is 0. The molecule has 2 aromatic carbocycles. The molecule has 0 aromatic heterocycles. The van der Waals surface area contributed by atoms with Gasteiger partial charge in [0.2, 0.25) is 13.6 Å². The Labute approximate surface area is 150 Å². The average molecular weight is 354 g/mol. The summed E-state index contributed by atoms with van der Waals surface area (Å²) in [6.07, 6.45) is 3.96. The predicted molar refractivity (Wildman–Crippen MR) is 92.6 cm³/mol. The molecule has 26 heavy (non-hydrogen) atoms. The van der Waals surface area contributed by atoms with Crippen molar-refractivity contribution in [3.8, 4) is 23.0 Å². The number of rotatable bonds is 6. The highest BCUT2D eigenvalue weighted by atomic mass is 16.7. The molecule has 0 amide bonds. The predicted octanol–water partition coefficient (Wildman–Crippen LogP) is 3.31. The van der Waals surface area contributed by atoms with Crippen LogP contribution in [0, 0.1) is 0 Å². The molecule has 6 heteroatoms. The van der Waals surface area contributed by atoms with Crippen LogP contribution in [-0.4, -0.2) is 32.9 Å². The van der Waals surface area contributed by atoms with E-state index in [-0.39, 0.29) is 25.8 Å². The van der Waals surface area contributed by atoms with Crippen molar-refractivity contribution < 1.29 is 28.4 Å². The summed E-state index contributed by atoms with van der Waals surface area (Å²) in [5.41, 5.74) is 2.08. The van der Waals surface area contributed by atoms with E-state index in [1.54, 1.807) is 0 Å². The van der Waals surface area contributed by atoms with Crippen molar-refractivity contribution in [1.82, 2.24) is 0 Å². The molecular formula is C20H18O6. The van der Waals surface area contributed by atoms with Gasteiger partial charge < -0.3 is 28.4 Å². The molecule has 3 aliphatic heterocycles. The molecule has 3 heterocycles. The van der Waals surface area contributed by atoms with E-state index in [1.165, 1.54) is 0 Å². The van der Waals surface area contributed by atoms with Crippen LogP contribution in [0.15, 0.2) is 42.5 Å². The van der Waals surface area contributed by atoms with Gasteiger partial charge in [-0.05, 0) is 35.4 Å². The summed E-state index contributed by atoms with van der Waals surface area (Å²) in [5, 5.41) is 0. The van der Waals surface area contributed by atoms with Gasteiger partial charge in [0.15, 0.2) is 23.0 Å². The minimum atomic E-state index is -0.120. The van der Waals surface area contributed by atoms with Crippen molar-refractivity contribution in [1.29, 1.82) is 0 Å². The number of benzene rings is 2. The highest BCUT2D eigenvalue weighted by Crippen LogP contribution is 2.38. The van der Waals surface area contributed by atoms with Gasteiger partial charge in [-0.3, -0.25) is 0 Å². The fourth-order valence-electron chi connectivity index (χ4n) is 3.10. The molecule has 134 valence electrons. The number of hydrogen-bond donors (Lipinski definition) is 0. The maximum absolute atomic E-state index is 6.06. The molecule has 5 rings (SSSR count). The molecule has 3 aliphatic rings. The molecule has 0 bridgehead atoms. The van der Waals surface area contributed by atoms with Crippen molar-refractivity contribution in [3.05, 3.63) is 53.6 Å². The summed E-state index contributed by atoms with van der Waals surface area (Å²) in [4.78, 5) is 0. The Morgan fingerprint density at radius 1 is 0.923 bits per heavy atom. The third-order valence-electron chi connectivity index (χ3n) is 4.50. The van der Waals surface area contributed by atoms with Gasteiger partial charge in [0.1, 0.15) is 12.2 Å². The Hall–Kier alpha value is -2.70. The first-order valence-electron chi connectivity index (χ1n) is 8.56. The first-order valence-corrected chi connectivity index (χ1v) is 8.56. The maximum Gasteiger partial charge on any atom is 0.231 e. The molecular weight excluding hydrogens is 336 g/mol. The standard InChI is InChI=1S/C20H18O6/c1(2-13-3-5-15-17(8-13)25-11-23-15)7-21-20(19-10-22-19)14-4-6-16-18(9-14)26-12-24-16/h1-6,8-9,19-20H,7,10-12H2/b2-1+. The molecule has 2 atom stereocenters. The zero-order chi connectivity index (χ0) is 17.3. The molecule has 0 saturated carbocycles. The van der Waals surface area contributed by atoms with Crippen LogP contribution in [0.2, 0.25) is 0 Å². The Balaban J connectivity index is 1.24. The fraction of sp³-hybridized carbons (Fsp3) is 0.300. The van der Waals surface area contributed by atoms with Crippen LogP contribution >= 0.6 is 0 Å². The molecule has 1 fully saturated rings. The molecule has 2 unspecified atom stereocenters. The maximum atomic E-state index is 6.06. The van der Waals surface area contributed by atoms with Gasteiger partial charge in [-0.1, -0.05) is 24.3 Å². The number of epoxide rings is 1. The summed E-state index contributed by atoms with van der Waals surface area (Å²) in [5.74, 6) is 3.09. The molecule has 0 spiro atoms. The molecule has 0 aliphatic carbocycles. The lowest BCUT2D eigenvalue weighted by Gasteiger charge is -2.15. The van der Waals surface area contributed by atoms with E-state index < -0.39 is 0 Å². The van der Waals surface area contributed by atoms with Gasteiger partial charge in [-0.15, -0.1) is 0 Å². The average Bonchev–Trinajstić information content (AvgIpc) is 3.20. The highest BCUT2D eigenvalue weighted by molar-refractivity contribution is 5.56. The van der Waals surface area contributed by atoms with E-state index in [2.05, 4.69) is 0 Å². The molecule has 6 nitrogen and oxygen atoms in total. The van der Waals surface area contributed by atoms with E-state index in [0.717, 1.165) is 34.1 Å². The molecule has 0 N–H and O–H groups in total. The summed E-state index contributed by atoms with van der Waals surface area (Å²) in [6, 6.07) is 11.7. The SMILES string of the molecule is C(=C\c1ccc2c(c1)OCO2)/COC(c1ccc2c(c1)OCO2)C1CO1. The lowest BCUT2D eigenvalue weighted by atomic mass is 10.1. The van der Waals surface area contributed by atoms with Gasteiger partial charge in [0.05, 0.1) is 13.2 Å². The minimum absolute atomic E-state index is 0.0920. The van der Waals surface area contributed by atoms with Gasteiger partial charge >= 0.3 is 0 Å². The summed E-state index contributed by atoms with van der Waals surface area (Å²) in [7, 11) is 0. The number of fused-ring (bicyclic) bond motifs is 2. The second kappa shape index (κ2) is 6.55. The normalized spacial score (nSPS) is 20.5. The third kappa shape index (κ3) is 3.09. The Morgan fingerprint density at radius 2 is 1.62 bits per heavy atom. The van der Waals surface area contributed by atoms with E-state index in [4.69, 9.17) is 28.4 Å². The van der Waals surface area contributed by atoms with E-state index >= 15 is 0 Å². The zero-order valence-electron chi connectivity index (χ0n) is 14.1. The van der Waals surface area contributed by atoms with Crippen molar-refractivity contribution in [3.63, 3.8) is 0 Å². The van der Waals surface area contributed by atoms with E-state index in [0.29, 0.717) is 13.2 Å². The van der Waals surface area contributed by atoms with Crippen LogP contribution in [-0.2, 0) is 9.47 Å². The Morgan fingerprint density at radius 3 is 2.38 bits per heavy atom. The van der Waals surface area contributed by atoms with Crippen LogP contribution < -0.4 is 18.9 Å². The summed E-state index contributed by atoms with van der Waals surface area (Å²) in [6.45, 7) is 1.74. The highest BCUT2D eigenvalue weighted by Gasteiger charge is 2.35.